The Hall–Kier alpha value is -1.23. The summed E-state index contributed by atoms with van der Waals surface area (Å²) in [5, 5.41) is 3.90. The van der Waals surface area contributed by atoms with Gasteiger partial charge in [0.15, 0.2) is 0 Å². The first kappa shape index (κ1) is 11.8. The summed E-state index contributed by atoms with van der Waals surface area (Å²) in [5.74, 6) is 0.845. The van der Waals surface area contributed by atoms with E-state index in [0.29, 0.717) is 25.3 Å². The van der Waals surface area contributed by atoms with E-state index in [2.05, 4.69) is 10.1 Å². The van der Waals surface area contributed by atoms with Crippen molar-refractivity contribution in [3.8, 4) is 0 Å². The smallest absolute Gasteiger partial charge is 0.142 e. The van der Waals surface area contributed by atoms with Gasteiger partial charge in [-0.25, -0.2) is 4.98 Å². The largest absolute Gasteiger partial charge is 0.381 e. The average Bonchev–Trinajstić information content (AvgIpc) is 2.59. The Morgan fingerprint density at radius 2 is 2.33 bits per heavy atom. The molecule has 0 saturated carbocycles. The highest BCUT2D eigenvalue weighted by Gasteiger charge is 2.07. The fraction of sp³-hybridized carbons (Fsp3) is 0.700. The molecule has 0 spiro atoms. The number of aromatic nitrogens is 3. The number of rotatable bonds is 7. The molecule has 1 rings (SSSR count). The lowest BCUT2D eigenvalue weighted by atomic mass is 10.2. The van der Waals surface area contributed by atoms with Crippen LogP contribution >= 0.6 is 0 Å². The molecular weight excluding hydrogens is 194 g/mol. The van der Waals surface area contributed by atoms with Crippen LogP contribution in [0, 0.1) is 0 Å². The van der Waals surface area contributed by atoms with Gasteiger partial charge in [-0.3, -0.25) is 9.48 Å². The minimum Gasteiger partial charge on any atom is -0.381 e. The molecule has 84 valence electrons. The Kier molecular flexibility index (Phi) is 4.97. The second-order valence-corrected chi connectivity index (χ2v) is 3.38. The monoisotopic (exact) mass is 211 g/mol. The van der Waals surface area contributed by atoms with Crippen molar-refractivity contribution in [2.45, 2.75) is 26.2 Å². The van der Waals surface area contributed by atoms with Gasteiger partial charge >= 0.3 is 0 Å². The molecule has 0 radical (unpaired) electrons. The minimum absolute atomic E-state index is 0.141. The SMILES string of the molecule is CCCOCCC(=O)Cc1ncnn1C. The Labute approximate surface area is 89.5 Å². The Balaban J connectivity index is 2.22. The van der Waals surface area contributed by atoms with Gasteiger partial charge in [0.25, 0.3) is 0 Å². The molecule has 0 atom stereocenters. The molecule has 0 fully saturated rings. The van der Waals surface area contributed by atoms with Crippen LogP contribution in [0.2, 0.25) is 0 Å². The molecule has 0 aliphatic heterocycles. The lowest BCUT2D eigenvalue weighted by Gasteiger charge is -2.02. The van der Waals surface area contributed by atoms with Gasteiger partial charge in [-0.2, -0.15) is 5.10 Å². The predicted molar refractivity (Wildman–Crippen MR) is 55.4 cm³/mol. The molecule has 15 heavy (non-hydrogen) atoms. The van der Waals surface area contributed by atoms with Gasteiger partial charge in [-0.05, 0) is 6.42 Å². The quantitative estimate of drug-likeness (QED) is 0.624. The summed E-state index contributed by atoms with van der Waals surface area (Å²) >= 11 is 0. The number of aryl methyl sites for hydroxylation is 1. The van der Waals surface area contributed by atoms with Crippen molar-refractivity contribution in [3.63, 3.8) is 0 Å². The number of ketones is 1. The van der Waals surface area contributed by atoms with Crippen LogP contribution in [-0.2, 0) is 23.0 Å². The van der Waals surface area contributed by atoms with Crippen LogP contribution in [-0.4, -0.2) is 33.8 Å². The number of nitrogens with zero attached hydrogens (tertiary/aromatic N) is 3. The molecule has 0 unspecified atom stereocenters. The third-order valence-corrected chi connectivity index (χ3v) is 2.03. The van der Waals surface area contributed by atoms with Gasteiger partial charge in [-0.1, -0.05) is 6.92 Å². The van der Waals surface area contributed by atoms with Crippen molar-refractivity contribution < 1.29 is 9.53 Å². The lowest BCUT2D eigenvalue weighted by Crippen LogP contribution is -2.11. The lowest BCUT2D eigenvalue weighted by molar-refractivity contribution is -0.119. The molecular formula is C10H17N3O2. The topological polar surface area (TPSA) is 57.0 Å². The maximum Gasteiger partial charge on any atom is 0.142 e. The molecule has 5 nitrogen and oxygen atoms in total. The zero-order valence-electron chi connectivity index (χ0n) is 9.27. The first-order valence-electron chi connectivity index (χ1n) is 5.16. The summed E-state index contributed by atoms with van der Waals surface area (Å²) in [6.45, 7) is 3.27. The van der Waals surface area contributed by atoms with E-state index in [-0.39, 0.29) is 5.78 Å². The van der Waals surface area contributed by atoms with Crippen molar-refractivity contribution in [2.75, 3.05) is 13.2 Å². The standard InChI is InChI=1S/C10H17N3O2/c1-3-5-15-6-4-9(14)7-10-11-8-12-13(10)2/h8H,3-7H2,1-2H3. The molecule has 0 saturated heterocycles. The van der Waals surface area contributed by atoms with Crippen LogP contribution in [0.5, 0.6) is 0 Å². The maximum absolute atomic E-state index is 11.5. The first-order valence-corrected chi connectivity index (χ1v) is 5.16. The molecule has 1 aromatic rings. The van der Waals surface area contributed by atoms with Gasteiger partial charge in [0.2, 0.25) is 0 Å². The van der Waals surface area contributed by atoms with Crippen LogP contribution in [0.1, 0.15) is 25.6 Å². The highest BCUT2D eigenvalue weighted by atomic mass is 16.5. The summed E-state index contributed by atoms with van der Waals surface area (Å²) in [5.41, 5.74) is 0. The second kappa shape index (κ2) is 6.29. The maximum atomic E-state index is 11.5. The molecule has 0 N–H and O–H groups in total. The van der Waals surface area contributed by atoms with Gasteiger partial charge in [0.1, 0.15) is 17.9 Å². The molecule has 1 aromatic heterocycles. The van der Waals surface area contributed by atoms with Crippen molar-refractivity contribution in [1.82, 2.24) is 14.8 Å². The average molecular weight is 211 g/mol. The number of carbonyl (C=O) groups excluding carboxylic acids is 1. The fourth-order valence-corrected chi connectivity index (χ4v) is 1.18. The normalized spacial score (nSPS) is 10.5. The van der Waals surface area contributed by atoms with Crippen molar-refractivity contribution in [1.29, 1.82) is 0 Å². The minimum atomic E-state index is 0.141. The molecule has 0 aliphatic carbocycles. The number of hydrogen-bond acceptors (Lipinski definition) is 4. The Bertz CT molecular complexity index is 309. The molecule has 0 aromatic carbocycles. The third kappa shape index (κ3) is 4.20. The fourth-order valence-electron chi connectivity index (χ4n) is 1.18. The van der Waals surface area contributed by atoms with E-state index in [1.807, 2.05) is 6.92 Å². The molecule has 0 amide bonds. The zero-order chi connectivity index (χ0) is 11.1. The van der Waals surface area contributed by atoms with E-state index in [9.17, 15) is 4.79 Å². The molecule has 0 bridgehead atoms. The van der Waals surface area contributed by atoms with Crippen LogP contribution in [0.25, 0.3) is 0 Å². The number of ether oxygens (including phenoxy) is 1. The summed E-state index contributed by atoms with van der Waals surface area (Å²) < 4.78 is 6.86. The molecule has 0 aliphatic rings. The Morgan fingerprint density at radius 3 is 2.93 bits per heavy atom. The number of hydrogen-bond donors (Lipinski definition) is 0. The van der Waals surface area contributed by atoms with Gasteiger partial charge in [-0.15, -0.1) is 0 Å². The molecule has 1 heterocycles. The summed E-state index contributed by atoms with van der Waals surface area (Å²) in [4.78, 5) is 15.5. The number of Topliss-reactive ketones (excluding diaryl/α,β-unsaturated/α-hetero) is 1. The van der Waals surface area contributed by atoms with Gasteiger partial charge in [0, 0.05) is 20.1 Å². The summed E-state index contributed by atoms with van der Waals surface area (Å²) in [6.07, 6.45) is 3.23. The first-order chi connectivity index (χ1) is 7.24. The highest BCUT2D eigenvalue weighted by Crippen LogP contribution is 1.97. The van der Waals surface area contributed by atoms with E-state index in [1.54, 1.807) is 11.7 Å². The van der Waals surface area contributed by atoms with Gasteiger partial charge in [0.05, 0.1) is 13.0 Å². The van der Waals surface area contributed by atoms with Crippen LogP contribution in [0.15, 0.2) is 6.33 Å². The summed E-state index contributed by atoms with van der Waals surface area (Å²) in [6, 6.07) is 0. The van der Waals surface area contributed by atoms with Crippen LogP contribution in [0.3, 0.4) is 0 Å². The predicted octanol–water partition coefficient (Wildman–Crippen LogP) is 0.743. The van der Waals surface area contributed by atoms with E-state index in [1.165, 1.54) is 6.33 Å². The van der Waals surface area contributed by atoms with E-state index in [0.717, 1.165) is 13.0 Å². The van der Waals surface area contributed by atoms with Crippen molar-refractivity contribution >= 4 is 5.78 Å². The second-order valence-electron chi connectivity index (χ2n) is 3.38. The Morgan fingerprint density at radius 1 is 1.53 bits per heavy atom. The third-order valence-electron chi connectivity index (χ3n) is 2.03. The zero-order valence-corrected chi connectivity index (χ0v) is 9.27. The van der Waals surface area contributed by atoms with Crippen molar-refractivity contribution in [2.24, 2.45) is 7.05 Å². The van der Waals surface area contributed by atoms with E-state index < -0.39 is 0 Å². The van der Waals surface area contributed by atoms with Crippen LogP contribution < -0.4 is 0 Å². The van der Waals surface area contributed by atoms with E-state index in [4.69, 9.17) is 4.74 Å². The highest BCUT2D eigenvalue weighted by molar-refractivity contribution is 5.80. The molecule has 5 heteroatoms. The van der Waals surface area contributed by atoms with E-state index >= 15 is 0 Å². The van der Waals surface area contributed by atoms with Gasteiger partial charge < -0.3 is 4.74 Å². The number of carbonyl (C=O) groups is 1. The van der Waals surface area contributed by atoms with Crippen molar-refractivity contribution in [3.05, 3.63) is 12.2 Å². The van der Waals surface area contributed by atoms with Crippen LogP contribution in [0.4, 0.5) is 0 Å². The summed E-state index contributed by atoms with van der Waals surface area (Å²) in [7, 11) is 1.78.